The molecule has 1 saturated heterocycles. The summed E-state index contributed by atoms with van der Waals surface area (Å²) < 4.78 is 30.2. The van der Waals surface area contributed by atoms with E-state index in [1.54, 1.807) is 24.5 Å². The first-order valence-electron chi connectivity index (χ1n) is 10.5. The van der Waals surface area contributed by atoms with Crippen LogP contribution < -0.4 is 10.6 Å². The highest BCUT2D eigenvalue weighted by Gasteiger charge is 2.52. The molecule has 34 heavy (non-hydrogen) atoms. The largest absolute Gasteiger partial charge is 0.379 e. The number of pyridine rings is 1. The Morgan fingerprint density at radius 2 is 2.06 bits per heavy atom. The number of rotatable bonds is 4. The molecule has 5 rings (SSSR count). The third-order valence-corrected chi connectivity index (χ3v) is 6.95. The molecule has 2 aliphatic heterocycles. The van der Waals surface area contributed by atoms with Crippen molar-refractivity contribution >= 4 is 40.5 Å². The number of anilines is 1. The quantitative estimate of drug-likeness (QED) is 0.563. The highest BCUT2D eigenvalue weighted by molar-refractivity contribution is 8.13. The first kappa shape index (κ1) is 22.0. The van der Waals surface area contributed by atoms with Gasteiger partial charge in [0, 0.05) is 42.4 Å². The smallest absolute Gasteiger partial charge is 0.225 e. The second-order valence-corrected chi connectivity index (χ2v) is 9.10. The number of hydrogen-bond acceptors (Lipinski definition) is 7. The van der Waals surface area contributed by atoms with E-state index >= 15 is 4.39 Å². The van der Waals surface area contributed by atoms with Crippen LogP contribution in [0.4, 0.5) is 20.4 Å². The van der Waals surface area contributed by atoms with Crippen LogP contribution in [0.25, 0.3) is 16.7 Å². The van der Waals surface area contributed by atoms with Crippen LogP contribution in [0.2, 0.25) is 0 Å². The number of halogens is 2. The molecule has 0 spiro atoms. The van der Waals surface area contributed by atoms with Crippen molar-refractivity contribution in [1.29, 1.82) is 0 Å². The van der Waals surface area contributed by atoms with Gasteiger partial charge in [-0.05, 0) is 35.9 Å². The molecule has 2 aromatic heterocycles. The minimum absolute atomic E-state index is 0.0324. The Labute approximate surface area is 199 Å². The molecule has 0 radical (unpaired) electrons. The summed E-state index contributed by atoms with van der Waals surface area (Å²) in [6.07, 6.45) is 5.94. The van der Waals surface area contributed by atoms with E-state index in [0.29, 0.717) is 46.8 Å². The maximum Gasteiger partial charge on any atom is 0.225 e. The molecule has 1 aromatic carbocycles. The van der Waals surface area contributed by atoms with E-state index < -0.39 is 17.2 Å². The maximum atomic E-state index is 15.3. The van der Waals surface area contributed by atoms with Crippen LogP contribution >= 0.6 is 11.8 Å². The molecule has 2 aliphatic rings. The number of benzene rings is 1. The Balaban J connectivity index is 1.54. The summed E-state index contributed by atoms with van der Waals surface area (Å²) in [5.74, 6) is 0.170. The van der Waals surface area contributed by atoms with E-state index in [0.717, 1.165) is 0 Å². The van der Waals surface area contributed by atoms with Crippen molar-refractivity contribution in [3.05, 3.63) is 89.0 Å². The second kappa shape index (κ2) is 8.83. The lowest BCUT2D eigenvalue weighted by molar-refractivity contribution is 0.370. The van der Waals surface area contributed by atoms with E-state index in [2.05, 4.69) is 19.8 Å². The fourth-order valence-electron chi connectivity index (χ4n) is 4.38. The van der Waals surface area contributed by atoms with Crippen LogP contribution in [0.1, 0.15) is 16.8 Å². The topological polar surface area (TPSA) is 84.7 Å². The van der Waals surface area contributed by atoms with Gasteiger partial charge < -0.3 is 10.6 Å². The molecule has 0 aliphatic carbocycles. The molecule has 2 atom stereocenters. The summed E-state index contributed by atoms with van der Waals surface area (Å²) in [4.78, 5) is 22.7. The van der Waals surface area contributed by atoms with E-state index in [-0.39, 0.29) is 11.6 Å². The summed E-state index contributed by atoms with van der Waals surface area (Å²) in [5, 5.41) is 0.391. The Morgan fingerprint density at radius 3 is 2.79 bits per heavy atom. The first-order valence-corrected chi connectivity index (χ1v) is 11.5. The molecule has 10 heteroatoms. The Kier molecular flexibility index (Phi) is 5.71. The van der Waals surface area contributed by atoms with Gasteiger partial charge in [-0.15, -0.1) is 0 Å². The molecule has 0 unspecified atom stereocenters. The zero-order chi connectivity index (χ0) is 23.7. The van der Waals surface area contributed by atoms with Gasteiger partial charge in [-0.3, -0.25) is 4.98 Å². The first-order chi connectivity index (χ1) is 16.5. The van der Waals surface area contributed by atoms with Crippen molar-refractivity contribution in [2.75, 3.05) is 23.7 Å². The molecule has 0 amide bonds. The average Bonchev–Trinajstić information content (AvgIpc) is 3.25. The van der Waals surface area contributed by atoms with Crippen LogP contribution in [0.15, 0.2) is 60.0 Å². The van der Waals surface area contributed by atoms with Gasteiger partial charge in [-0.1, -0.05) is 23.9 Å². The number of hydrogen-bond donors (Lipinski definition) is 1. The molecule has 170 valence electrons. The van der Waals surface area contributed by atoms with E-state index in [1.165, 1.54) is 48.3 Å². The Bertz CT molecular complexity index is 1320. The zero-order valence-corrected chi connectivity index (χ0v) is 18.7. The molecule has 0 bridgehead atoms. The highest BCUT2D eigenvalue weighted by atomic mass is 32.2. The number of aliphatic imine (C=N–C) groups is 1. The van der Waals surface area contributed by atoms with Gasteiger partial charge in [-0.2, -0.15) is 0 Å². The average molecular weight is 476 g/mol. The summed E-state index contributed by atoms with van der Waals surface area (Å²) >= 11 is 1.44. The minimum Gasteiger partial charge on any atom is -0.379 e. The van der Waals surface area contributed by atoms with E-state index in [9.17, 15) is 4.39 Å². The molecule has 4 heterocycles. The lowest BCUT2D eigenvalue weighted by Gasteiger charge is -2.35. The van der Waals surface area contributed by atoms with Crippen molar-refractivity contribution in [3.8, 4) is 0 Å². The number of fused-ring (bicyclic) bond motifs is 1. The SMILES string of the molecule is [C-]#[N+]c1ccc(/C(F)=C/c2ccc(F)c([C@]34CN(c5ncccn5)C[C@H]3CSC(N)=N4)c2)nc1. The Hall–Kier alpha value is -3.84. The minimum atomic E-state index is -0.936. The van der Waals surface area contributed by atoms with Crippen LogP contribution in [-0.2, 0) is 5.54 Å². The fourth-order valence-corrected chi connectivity index (χ4v) is 5.36. The second-order valence-electron chi connectivity index (χ2n) is 8.06. The summed E-state index contributed by atoms with van der Waals surface area (Å²) in [7, 11) is 0. The number of aromatic nitrogens is 3. The van der Waals surface area contributed by atoms with Crippen LogP contribution in [0, 0.1) is 18.3 Å². The van der Waals surface area contributed by atoms with Crippen molar-refractivity contribution < 1.29 is 8.78 Å². The van der Waals surface area contributed by atoms with Crippen LogP contribution in [0.3, 0.4) is 0 Å². The number of nitrogens with two attached hydrogens (primary N) is 1. The van der Waals surface area contributed by atoms with Gasteiger partial charge in [0.2, 0.25) is 11.6 Å². The highest BCUT2D eigenvalue weighted by Crippen LogP contribution is 2.47. The van der Waals surface area contributed by atoms with Gasteiger partial charge in [0.05, 0.1) is 18.8 Å². The van der Waals surface area contributed by atoms with Gasteiger partial charge in [0.1, 0.15) is 17.2 Å². The van der Waals surface area contributed by atoms with Crippen molar-refractivity contribution in [1.82, 2.24) is 15.0 Å². The van der Waals surface area contributed by atoms with E-state index in [1.807, 2.05) is 4.90 Å². The molecule has 1 fully saturated rings. The van der Waals surface area contributed by atoms with Crippen molar-refractivity contribution in [2.24, 2.45) is 16.6 Å². The molecular formula is C24H19F2N7S. The number of thioether (sulfide) groups is 1. The number of nitrogens with zero attached hydrogens (tertiary/aromatic N) is 6. The lowest BCUT2D eigenvalue weighted by Crippen LogP contribution is -2.40. The molecule has 7 nitrogen and oxygen atoms in total. The fraction of sp³-hybridized carbons (Fsp3) is 0.208. The standard InChI is InChI=1S/C24H19F2N7S/c1-28-17-4-6-21(31-11-17)20(26)10-15-3-5-19(25)18(9-15)24-14-33(23-29-7-2-8-30-23)12-16(24)13-34-22(27)32-24/h2-11,16H,12-14H2,(H2,27,32)/b20-10-/t16-,24-/m0/s1. The molecule has 0 saturated carbocycles. The summed E-state index contributed by atoms with van der Waals surface area (Å²) in [6.45, 7) is 7.94. The molecule has 2 N–H and O–H groups in total. The third-order valence-electron chi connectivity index (χ3n) is 6.00. The lowest BCUT2D eigenvalue weighted by atomic mass is 9.81. The number of amidine groups is 1. The zero-order valence-electron chi connectivity index (χ0n) is 17.9. The normalized spacial score (nSPS) is 22.1. The summed E-state index contributed by atoms with van der Waals surface area (Å²) in [5.41, 5.74) is 6.42. The van der Waals surface area contributed by atoms with Crippen molar-refractivity contribution in [3.63, 3.8) is 0 Å². The molecule has 3 aromatic rings. The third kappa shape index (κ3) is 3.99. The van der Waals surface area contributed by atoms with Crippen LogP contribution in [-0.4, -0.2) is 39.0 Å². The predicted molar refractivity (Wildman–Crippen MR) is 129 cm³/mol. The Morgan fingerprint density at radius 1 is 1.24 bits per heavy atom. The summed E-state index contributed by atoms with van der Waals surface area (Å²) in [6, 6.07) is 9.13. The van der Waals surface area contributed by atoms with Gasteiger partial charge in [0.25, 0.3) is 0 Å². The van der Waals surface area contributed by atoms with Crippen molar-refractivity contribution in [2.45, 2.75) is 5.54 Å². The molecular weight excluding hydrogens is 456 g/mol. The van der Waals surface area contributed by atoms with Gasteiger partial charge in [0.15, 0.2) is 5.17 Å². The van der Waals surface area contributed by atoms with Gasteiger partial charge >= 0.3 is 0 Å². The maximum absolute atomic E-state index is 15.3. The van der Waals surface area contributed by atoms with E-state index in [4.69, 9.17) is 17.3 Å². The van der Waals surface area contributed by atoms with Gasteiger partial charge in [-0.25, -0.2) is 28.6 Å². The monoisotopic (exact) mass is 475 g/mol. The predicted octanol–water partition coefficient (Wildman–Crippen LogP) is 4.42. The van der Waals surface area contributed by atoms with Crippen LogP contribution in [0.5, 0.6) is 0 Å².